The van der Waals surface area contributed by atoms with Crippen molar-refractivity contribution in [1.29, 1.82) is 0 Å². The van der Waals surface area contributed by atoms with Crippen LogP contribution < -0.4 is 0 Å². The van der Waals surface area contributed by atoms with Crippen LogP contribution in [0.1, 0.15) is 0 Å². The average Bonchev–Trinajstić information content (AvgIpc) is 1.36. The Hall–Kier alpha value is 0.0400. The summed E-state index contributed by atoms with van der Waals surface area (Å²) in [4.78, 5) is 8.73. The Labute approximate surface area is 56.1 Å². The molecule has 1 nitrogen and oxygen atoms in total. The molecule has 0 unspecified atom stereocenters. The summed E-state index contributed by atoms with van der Waals surface area (Å²) in [5, 5.41) is 0. The van der Waals surface area contributed by atoms with Gasteiger partial charge in [-0.25, -0.2) is 0 Å². The molecule has 0 amide bonds. The highest BCUT2D eigenvalue weighted by Gasteiger charge is 2.11. The van der Waals surface area contributed by atoms with Gasteiger partial charge in [-0.1, -0.05) is 0 Å². The highest BCUT2D eigenvalue weighted by atomic mass is 35.5. The molecular formula is C2H3Cl2F3O. The molecule has 0 aromatic heterocycles. The van der Waals surface area contributed by atoms with E-state index in [9.17, 15) is 13.2 Å². The van der Waals surface area contributed by atoms with Gasteiger partial charge < -0.3 is 0 Å². The summed E-state index contributed by atoms with van der Waals surface area (Å²) in [6.07, 6.45) is -3.45. The van der Waals surface area contributed by atoms with Crippen LogP contribution in [0, 0.1) is 0 Å². The maximum absolute atomic E-state index is 10.4. The minimum Gasteiger partial charge on any atom is -0.254 e. The SMILES string of the molecule is Cl.Cl.O=C(F)C(F)F. The Kier molecular flexibility index (Phi) is 13.8. The van der Waals surface area contributed by atoms with Crippen LogP contribution in [0.4, 0.5) is 13.2 Å². The van der Waals surface area contributed by atoms with Crippen molar-refractivity contribution < 1.29 is 18.0 Å². The first-order chi connectivity index (χ1) is 2.64. The molecule has 0 saturated carbocycles. The second-order valence-electron chi connectivity index (χ2n) is 0.605. The van der Waals surface area contributed by atoms with Gasteiger partial charge in [-0.15, -0.1) is 24.8 Å². The largest absolute Gasteiger partial charge is 0.367 e. The Bertz CT molecular complexity index is 66.3. The lowest BCUT2D eigenvalue weighted by Gasteiger charge is -1.78. The van der Waals surface area contributed by atoms with Crippen LogP contribution in [-0.2, 0) is 4.79 Å². The van der Waals surface area contributed by atoms with Crippen LogP contribution in [-0.4, -0.2) is 12.5 Å². The van der Waals surface area contributed by atoms with E-state index in [1.807, 2.05) is 0 Å². The molecule has 0 N–H and O–H groups in total. The van der Waals surface area contributed by atoms with Crippen molar-refractivity contribution >= 4 is 30.9 Å². The number of hydrogen-bond acceptors (Lipinski definition) is 1. The molecule has 0 aliphatic rings. The summed E-state index contributed by atoms with van der Waals surface area (Å²) in [5.41, 5.74) is 0. The van der Waals surface area contributed by atoms with Crippen molar-refractivity contribution in [3.8, 4) is 0 Å². The molecule has 0 fully saturated rings. The van der Waals surface area contributed by atoms with Crippen molar-refractivity contribution in [2.75, 3.05) is 0 Å². The normalized spacial score (nSPS) is 7.00. The zero-order chi connectivity index (χ0) is 5.15. The third-order valence-electron chi connectivity index (χ3n) is 0.172. The van der Waals surface area contributed by atoms with Crippen LogP contribution in [0.2, 0.25) is 0 Å². The molecule has 0 aromatic carbocycles. The Morgan fingerprint density at radius 2 is 1.38 bits per heavy atom. The number of hydrogen-bond donors (Lipinski definition) is 0. The summed E-state index contributed by atoms with van der Waals surface area (Å²) in [7, 11) is 0. The molecule has 0 spiro atoms. The van der Waals surface area contributed by atoms with Crippen molar-refractivity contribution in [3.63, 3.8) is 0 Å². The highest BCUT2D eigenvalue weighted by molar-refractivity contribution is 5.85. The fourth-order valence-electron chi connectivity index (χ4n) is 0. The molecule has 8 heavy (non-hydrogen) atoms. The van der Waals surface area contributed by atoms with Gasteiger partial charge in [-0.05, 0) is 0 Å². The summed E-state index contributed by atoms with van der Waals surface area (Å²) in [6.45, 7) is 0. The third kappa shape index (κ3) is 9.40. The van der Waals surface area contributed by atoms with Gasteiger partial charge in [0.1, 0.15) is 0 Å². The van der Waals surface area contributed by atoms with Gasteiger partial charge >= 0.3 is 12.5 Å². The summed E-state index contributed by atoms with van der Waals surface area (Å²) < 4.78 is 31.3. The minimum atomic E-state index is -3.45. The van der Waals surface area contributed by atoms with Crippen LogP contribution >= 0.6 is 24.8 Å². The van der Waals surface area contributed by atoms with Crippen LogP contribution in [0.15, 0.2) is 0 Å². The third-order valence-corrected chi connectivity index (χ3v) is 0.172. The van der Waals surface area contributed by atoms with Crippen LogP contribution in [0.3, 0.4) is 0 Å². The van der Waals surface area contributed by atoms with E-state index in [1.54, 1.807) is 0 Å². The number of carbonyl (C=O) groups excluding carboxylic acids is 1. The second-order valence-corrected chi connectivity index (χ2v) is 0.605. The predicted octanol–water partition coefficient (Wildman–Crippen LogP) is 1.59. The van der Waals surface area contributed by atoms with Gasteiger partial charge in [0.05, 0.1) is 0 Å². The van der Waals surface area contributed by atoms with Crippen molar-refractivity contribution in [1.82, 2.24) is 0 Å². The topological polar surface area (TPSA) is 17.1 Å². The van der Waals surface area contributed by atoms with Gasteiger partial charge in [0.15, 0.2) is 0 Å². The highest BCUT2D eigenvalue weighted by Crippen LogP contribution is 1.92. The summed E-state index contributed by atoms with van der Waals surface area (Å²) in [5.74, 6) is 0. The molecule has 52 valence electrons. The van der Waals surface area contributed by atoms with E-state index >= 15 is 0 Å². The number of carbonyl (C=O) groups is 1. The van der Waals surface area contributed by atoms with E-state index in [0.29, 0.717) is 0 Å². The van der Waals surface area contributed by atoms with Gasteiger partial charge in [0, 0.05) is 0 Å². The number of halogens is 5. The molecule has 0 radical (unpaired) electrons. The average molecular weight is 171 g/mol. The monoisotopic (exact) mass is 170 g/mol. The van der Waals surface area contributed by atoms with E-state index in [-0.39, 0.29) is 24.8 Å². The Balaban J connectivity index is -0.000000125. The van der Waals surface area contributed by atoms with Crippen molar-refractivity contribution in [2.45, 2.75) is 6.43 Å². The van der Waals surface area contributed by atoms with Gasteiger partial charge in [-0.3, -0.25) is 4.79 Å². The van der Waals surface area contributed by atoms with E-state index < -0.39 is 12.5 Å². The number of rotatable bonds is 1. The lowest BCUT2D eigenvalue weighted by Crippen LogP contribution is -2.00. The second kappa shape index (κ2) is 7.04. The first-order valence-corrected chi connectivity index (χ1v) is 1.12. The minimum absolute atomic E-state index is 0. The molecule has 0 aromatic rings. The van der Waals surface area contributed by atoms with Crippen molar-refractivity contribution in [2.24, 2.45) is 0 Å². The van der Waals surface area contributed by atoms with Gasteiger partial charge in [0.2, 0.25) is 0 Å². The molecular weight excluding hydrogens is 168 g/mol. The molecule has 0 saturated heterocycles. The predicted molar refractivity (Wildman–Crippen MR) is 26.6 cm³/mol. The zero-order valence-corrected chi connectivity index (χ0v) is 5.07. The van der Waals surface area contributed by atoms with E-state index in [1.165, 1.54) is 0 Å². The smallest absolute Gasteiger partial charge is 0.254 e. The molecule has 0 aliphatic carbocycles. The number of alkyl halides is 2. The lowest BCUT2D eigenvalue weighted by atomic mass is 10.8. The van der Waals surface area contributed by atoms with Crippen LogP contribution in [0.25, 0.3) is 0 Å². The molecule has 0 aliphatic heterocycles. The van der Waals surface area contributed by atoms with Crippen LogP contribution in [0.5, 0.6) is 0 Å². The van der Waals surface area contributed by atoms with E-state index in [2.05, 4.69) is 0 Å². The maximum Gasteiger partial charge on any atom is 0.367 e. The zero-order valence-electron chi connectivity index (χ0n) is 3.44. The first kappa shape index (κ1) is 15.7. The first-order valence-electron chi connectivity index (χ1n) is 1.12. The quantitative estimate of drug-likeness (QED) is 0.547. The van der Waals surface area contributed by atoms with E-state index in [0.717, 1.165) is 0 Å². The Morgan fingerprint density at radius 3 is 1.38 bits per heavy atom. The molecule has 6 heteroatoms. The maximum atomic E-state index is 10.4. The summed E-state index contributed by atoms with van der Waals surface area (Å²) >= 11 is 0. The molecule has 0 heterocycles. The molecule has 0 bridgehead atoms. The van der Waals surface area contributed by atoms with Gasteiger partial charge in [0.25, 0.3) is 0 Å². The Morgan fingerprint density at radius 1 is 1.25 bits per heavy atom. The standard InChI is InChI=1S/C2HF3O.2ClH/c3-1(4)2(5)6;;/h1H;2*1H. The fraction of sp³-hybridized carbons (Fsp3) is 0.500. The molecule has 0 rings (SSSR count). The molecule has 0 atom stereocenters. The van der Waals surface area contributed by atoms with E-state index in [4.69, 9.17) is 4.79 Å². The summed E-state index contributed by atoms with van der Waals surface area (Å²) in [6, 6.07) is -2.57. The lowest BCUT2D eigenvalue weighted by molar-refractivity contribution is -0.140. The van der Waals surface area contributed by atoms with Crippen molar-refractivity contribution in [3.05, 3.63) is 0 Å². The fourth-order valence-corrected chi connectivity index (χ4v) is 0. The van der Waals surface area contributed by atoms with Gasteiger partial charge in [-0.2, -0.15) is 13.2 Å².